The van der Waals surface area contributed by atoms with Crippen molar-refractivity contribution in [2.45, 2.75) is 0 Å². The lowest BCUT2D eigenvalue weighted by Gasteiger charge is -2.18. The Hall–Kier alpha value is -3.08. The number of hydrogen-bond donors (Lipinski definition) is 0. The second-order valence-electron chi connectivity index (χ2n) is 5.22. The van der Waals surface area contributed by atoms with Crippen molar-refractivity contribution in [3.63, 3.8) is 0 Å². The van der Waals surface area contributed by atoms with Gasteiger partial charge in [0.2, 0.25) is 11.8 Å². The minimum Gasteiger partial charge on any atom is -0.497 e. The van der Waals surface area contributed by atoms with E-state index in [0.29, 0.717) is 11.8 Å². The summed E-state index contributed by atoms with van der Waals surface area (Å²) in [6, 6.07) is 17.7. The summed E-state index contributed by atoms with van der Waals surface area (Å²) in [6.45, 7) is 0. The standard InChI is InChI=1S/C19H19N3O2/c1-22(15-7-5-4-6-8-15)19-20-13-17(18(21-19)24-3)14-9-11-16(23-2)12-10-14/h4-13H,1-3H3. The van der Waals surface area contributed by atoms with Gasteiger partial charge in [-0.05, 0) is 29.8 Å². The minimum atomic E-state index is 0.535. The number of ether oxygens (including phenoxy) is 2. The highest BCUT2D eigenvalue weighted by Gasteiger charge is 2.13. The lowest BCUT2D eigenvalue weighted by atomic mass is 10.1. The molecule has 0 radical (unpaired) electrons. The van der Waals surface area contributed by atoms with E-state index in [1.165, 1.54) is 0 Å². The van der Waals surface area contributed by atoms with Gasteiger partial charge in [-0.3, -0.25) is 0 Å². The van der Waals surface area contributed by atoms with E-state index in [1.54, 1.807) is 20.4 Å². The summed E-state index contributed by atoms with van der Waals surface area (Å²) in [5.41, 5.74) is 2.82. The van der Waals surface area contributed by atoms with Crippen molar-refractivity contribution in [1.82, 2.24) is 9.97 Å². The number of methoxy groups -OCH3 is 2. The average molecular weight is 321 g/mol. The number of nitrogens with zero attached hydrogens (tertiary/aromatic N) is 3. The van der Waals surface area contributed by atoms with Gasteiger partial charge in [0.05, 0.1) is 19.8 Å². The third kappa shape index (κ3) is 3.15. The molecule has 0 spiro atoms. The smallest absolute Gasteiger partial charge is 0.232 e. The molecule has 0 unspecified atom stereocenters. The molecule has 0 atom stereocenters. The van der Waals surface area contributed by atoms with Gasteiger partial charge in [0.25, 0.3) is 0 Å². The number of rotatable bonds is 5. The van der Waals surface area contributed by atoms with Gasteiger partial charge in [0.1, 0.15) is 5.75 Å². The number of para-hydroxylation sites is 1. The second-order valence-corrected chi connectivity index (χ2v) is 5.22. The van der Waals surface area contributed by atoms with Gasteiger partial charge in [-0.1, -0.05) is 30.3 Å². The van der Waals surface area contributed by atoms with Crippen molar-refractivity contribution in [3.8, 4) is 22.8 Å². The van der Waals surface area contributed by atoms with E-state index in [1.807, 2.05) is 66.5 Å². The van der Waals surface area contributed by atoms with Crippen molar-refractivity contribution in [2.24, 2.45) is 0 Å². The van der Waals surface area contributed by atoms with Crippen LogP contribution in [0.25, 0.3) is 11.1 Å². The van der Waals surface area contributed by atoms with Crippen LogP contribution in [0.4, 0.5) is 11.6 Å². The van der Waals surface area contributed by atoms with Crippen LogP contribution in [0.1, 0.15) is 0 Å². The van der Waals surface area contributed by atoms with Crippen LogP contribution in [-0.2, 0) is 0 Å². The lowest BCUT2D eigenvalue weighted by Crippen LogP contribution is -2.13. The van der Waals surface area contributed by atoms with Crippen molar-refractivity contribution in [3.05, 3.63) is 60.8 Å². The molecule has 24 heavy (non-hydrogen) atoms. The van der Waals surface area contributed by atoms with Crippen LogP contribution in [0.3, 0.4) is 0 Å². The molecular weight excluding hydrogens is 302 g/mol. The molecule has 122 valence electrons. The number of aromatic nitrogens is 2. The molecule has 0 fully saturated rings. The monoisotopic (exact) mass is 321 g/mol. The maximum atomic E-state index is 5.47. The second kappa shape index (κ2) is 7.00. The van der Waals surface area contributed by atoms with Crippen LogP contribution in [0.5, 0.6) is 11.6 Å². The lowest BCUT2D eigenvalue weighted by molar-refractivity contribution is 0.399. The van der Waals surface area contributed by atoms with Crippen molar-refractivity contribution >= 4 is 11.6 Å². The van der Waals surface area contributed by atoms with E-state index in [9.17, 15) is 0 Å². The Morgan fingerprint density at radius 1 is 0.875 bits per heavy atom. The predicted octanol–water partition coefficient (Wildman–Crippen LogP) is 3.93. The van der Waals surface area contributed by atoms with E-state index in [0.717, 1.165) is 22.6 Å². The van der Waals surface area contributed by atoms with Gasteiger partial charge < -0.3 is 14.4 Å². The molecule has 3 rings (SSSR count). The first-order valence-electron chi connectivity index (χ1n) is 7.57. The molecule has 0 N–H and O–H groups in total. The molecule has 1 heterocycles. The molecule has 0 aliphatic rings. The molecule has 1 aromatic heterocycles. The van der Waals surface area contributed by atoms with E-state index in [2.05, 4.69) is 9.97 Å². The van der Waals surface area contributed by atoms with E-state index in [4.69, 9.17) is 9.47 Å². The Morgan fingerprint density at radius 2 is 1.58 bits per heavy atom. The molecule has 0 saturated heterocycles. The van der Waals surface area contributed by atoms with Gasteiger partial charge >= 0.3 is 0 Å². The molecule has 3 aromatic rings. The first kappa shape index (κ1) is 15.8. The predicted molar refractivity (Wildman–Crippen MR) is 95.1 cm³/mol. The number of benzene rings is 2. The third-order valence-corrected chi connectivity index (χ3v) is 3.78. The van der Waals surface area contributed by atoms with Crippen LogP contribution in [0.15, 0.2) is 60.8 Å². The van der Waals surface area contributed by atoms with Crippen LogP contribution in [-0.4, -0.2) is 31.2 Å². The summed E-state index contributed by atoms with van der Waals surface area (Å²) >= 11 is 0. The van der Waals surface area contributed by atoms with Gasteiger partial charge in [0.15, 0.2) is 0 Å². The van der Waals surface area contributed by atoms with Crippen LogP contribution < -0.4 is 14.4 Å². The SMILES string of the molecule is COc1ccc(-c2cnc(N(C)c3ccccc3)nc2OC)cc1. The van der Waals surface area contributed by atoms with Gasteiger partial charge in [-0.25, -0.2) is 4.98 Å². The summed E-state index contributed by atoms with van der Waals surface area (Å²) in [5, 5.41) is 0. The Labute approximate surface area is 141 Å². The highest BCUT2D eigenvalue weighted by molar-refractivity contribution is 5.70. The molecule has 0 amide bonds. The van der Waals surface area contributed by atoms with Crippen LogP contribution in [0.2, 0.25) is 0 Å². The molecule has 0 aliphatic heterocycles. The number of hydrogen-bond acceptors (Lipinski definition) is 5. The largest absolute Gasteiger partial charge is 0.497 e. The Kier molecular flexibility index (Phi) is 4.61. The van der Waals surface area contributed by atoms with E-state index >= 15 is 0 Å². The highest BCUT2D eigenvalue weighted by atomic mass is 16.5. The Bertz CT molecular complexity index is 805. The average Bonchev–Trinajstić information content (AvgIpc) is 2.67. The fourth-order valence-corrected chi connectivity index (χ4v) is 2.41. The van der Waals surface area contributed by atoms with Crippen molar-refractivity contribution < 1.29 is 9.47 Å². The molecule has 2 aromatic carbocycles. The first-order valence-corrected chi connectivity index (χ1v) is 7.57. The normalized spacial score (nSPS) is 10.3. The minimum absolute atomic E-state index is 0.535. The molecular formula is C19H19N3O2. The molecule has 5 nitrogen and oxygen atoms in total. The fraction of sp³-hybridized carbons (Fsp3) is 0.158. The maximum absolute atomic E-state index is 5.47. The molecule has 0 aliphatic carbocycles. The van der Waals surface area contributed by atoms with Crippen LogP contribution in [0, 0.1) is 0 Å². The molecule has 0 bridgehead atoms. The quantitative estimate of drug-likeness (QED) is 0.712. The first-order chi connectivity index (χ1) is 11.7. The zero-order valence-electron chi connectivity index (χ0n) is 13.9. The van der Waals surface area contributed by atoms with Crippen molar-refractivity contribution in [2.75, 3.05) is 26.2 Å². The summed E-state index contributed by atoms with van der Waals surface area (Å²) in [7, 11) is 5.19. The topological polar surface area (TPSA) is 47.5 Å². The fourth-order valence-electron chi connectivity index (χ4n) is 2.41. The van der Waals surface area contributed by atoms with Crippen LogP contribution >= 0.6 is 0 Å². The molecule has 0 saturated carbocycles. The number of anilines is 2. The maximum Gasteiger partial charge on any atom is 0.232 e. The van der Waals surface area contributed by atoms with E-state index in [-0.39, 0.29) is 0 Å². The summed E-state index contributed by atoms with van der Waals surface area (Å²) in [4.78, 5) is 11.0. The van der Waals surface area contributed by atoms with E-state index < -0.39 is 0 Å². The third-order valence-electron chi connectivity index (χ3n) is 3.78. The summed E-state index contributed by atoms with van der Waals surface area (Å²) in [6.07, 6.45) is 1.78. The van der Waals surface area contributed by atoms with Gasteiger partial charge in [-0.15, -0.1) is 0 Å². The summed E-state index contributed by atoms with van der Waals surface area (Å²) in [5.74, 6) is 1.92. The van der Waals surface area contributed by atoms with Crippen molar-refractivity contribution in [1.29, 1.82) is 0 Å². The Balaban J connectivity index is 1.95. The zero-order chi connectivity index (χ0) is 16.9. The molecule has 5 heteroatoms. The zero-order valence-corrected chi connectivity index (χ0v) is 13.9. The van der Waals surface area contributed by atoms with Gasteiger partial charge in [0, 0.05) is 18.9 Å². The highest BCUT2D eigenvalue weighted by Crippen LogP contribution is 2.31. The van der Waals surface area contributed by atoms with Gasteiger partial charge in [-0.2, -0.15) is 4.98 Å². The Morgan fingerprint density at radius 3 is 2.21 bits per heavy atom. The summed E-state index contributed by atoms with van der Waals surface area (Å²) < 4.78 is 10.7.